The van der Waals surface area contributed by atoms with E-state index in [9.17, 15) is 18.0 Å². The molecule has 34 heavy (non-hydrogen) atoms. The van der Waals surface area contributed by atoms with E-state index in [1.807, 2.05) is 19.1 Å². The van der Waals surface area contributed by atoms with Crippen molar-refractivity contribution in [3.63, 3.8) is 0 Å². The van der Waals surface area contributed by atoms with Crippen LogP contribution in [0, 0.1) is 6.92 Å². The highest BCUT2D eigenvalue weighted by atomic mass is 32.2. The van der Waals surface area contributed by atoms with Crippen molar-refractivity contribution in [2.45, 2.75) is 24.7 Å². The third-order valence-corrected chi connectivity index (χ3v) is 6.49. The van der Waals surface area contributed by atoms with Crippen molar-refractivity contribution in [2.75, 3.05) is 28.6 Å². The fourth-order valence-electron chi connectivity index (χ4n) is 3.26. The zero-order valence-electron chi connectivity index (χ0n) is 18.4. The summed E-state index contributed by atoms with van der Waals surface area (Å²) in [6.07, 6.45) is 2.08. The van der Waals surface area contributed by atoms with Gasteiger partial charge in [0, 0.05) is 32.1 Å². The second kappa shape index (κ2) is 9.93. The molecule has 12 heteroatoms. The number of anilines is 4. The predicted octanol–water partition coefficient (Wildman–Crippen LogP) is 1.97. The molecular formula is C22H23N7O4S. The van der Waals surface area contributed by atoms with Crippen LogP contribution in [0.15, 0.2) is 59.6 Å². The van der Waals surface area contributed by atoms with Crippen LogP contribution < -0.4 is 20.3 Å². The minimum absolute atomic E-state index is 0.0373. The van der Waals surface area contributed by atoms with Crippen molar-refractivity contribution in [1.29, 1.82) is 0 Å². The molecule has 1 fully saturated rings. The Morgan fingerprint density at radius 3 is 2.12 bits per heavy atom. The molecule has 0 saturated carbocycles. The molecule has 0 unspecified atom stereocenters. The predicted molar refractivity (Wildman–Crippen MR) is 126 cm³/mol. The maximum absolute atomic E-state index is 12.5. The molecule has 3 N–H and O–H groups in total. The topological polar surface area (TPSA) is 146 Å². The smallest absolute Gasteiger partial charge is 0.240 e. The Kier molecular flexibility index (Phi) is 6.80. The Labute approximate surface area is 196 Å². The van der Waals surface area contributed by atoms with Crippen molar-refractivity contribution in [1.82, 2.24) is 19.9 Å². The molecule has 1 aliphatic heterocycles. The molecule has 1 aromatic carbocycles. The summed E-state index contributed by atoms with van der Waals surface area (Å²) in [5.74, 6) is 1.10. The fourth-order valence-corrected chi connectivity index (χ4v) is 4.30. The molecule has 4 rings (SSSR count). The highest BCUT2D eigenvalue weighted by Gasteiger charge is 2.30. The maximum Gasteiger partial charge on any atom is 0.240 e. The van der Waals surface area contributed by atoms with Crippen LogP contribution in [0.4, 0.5) is 23.1 Å². The van der Waals surface area contributed by atoms with Crippen molar-refractivity contribution < 1.29 is 18.0 Å². The largest absolute Gasteiger partial charge is 0.367 e. The standard InChI is InChI=1S/C22H23N7O4S/c1-15-2-7-18(24-14-15)26-20-9-8-19(27-28-20)23-12-13-25-34(32,33)17-5-3-16(4-6-17)29-21(30)10-11-22(29)31/h2-9,14,25H,10-13H2,1H3,(H,23,27)(H,24,26,28). The van der Waals surface area contributed by atoms with Crippen molar-refractivity contribution in [3.8, 4) is 0 Å². The zero-order valence-corrected chi connectivity index (χ0v) is 19.2. The van der Waals surface area contributed by atoms with Gasteiger partial charge in [-0.2, -0.15) is 0 Å². The van der Waals surface area contributed by atoms with Gasteiger partial charge in [-0.25, -0.2) is 18.1 Å². The monoisotopic (exact) mass is 481 g/mol. The number of nitrogens with zero attached hydrogens (tertiary/aromatic N) is 4. The summed E-state index contributed by atoms with van der Waals surface area (Å²) in [7, 11) is -3.76. The lowest BCUT2D eigenvalue weighted by molar-refractivity contribution is -0.121. The summed E-state index contributed by atoms with van der Waals surface area (Å²) < 4.78 is 27.5. The van der Waals surface area contributed by atoms with E-state index in [0.29, 0.717) is 23.1 Å². The summed E-state index contributed by atoms with van der Waals surface area (Å²) in [6.45, 7) is 2.35. The second-order valence-electron chi connectivity index (χ2n) is 7.59. The number of imide groups is 1. The zero-order chi connectivity index (χ0) is 24.1. The van der Waals surface area contributed by atoms with E-state index in [0.717, 1.165) is 10.5 Å². The number of amides is 2. The Morgan fingerprint density at radius 2 is 1.50 bits per heavy atom. The van der Waals surface area contributed by atoms with Gasteiger partial charge in [0.15, 0.2) is 5.82 Å². The molecule has 0 spiro atoms. The maximum atomic E-state index is 12.5. The molecule has 0 radical (unpaired) electrons. The normalized spacial score (nSPS) is 13.9. The molecule has 2 aromatic heterocycles. The van der Waals surface area contributed by atoms with E-state index in [1.165, 1.54) is 24.3 Å². The minimum Gasteiger partial charge on any atom is -0.367 e. The lowest BCUT2D eigenvalue weighted by Gasteiger charge is -2.14. The van der Waals surface area contributed by atoms with Crippen molar-refractivity contribution in [3.05, 3.63) is 60.3 Å². The first kappa shape index (κ1) is 23.3. The minimum atomic E-state index is -3.76. The number of carbonyl (C=O) groups is 2. The molecule has 1 aliphatic rings. The van der Waals surface area contributed by atoms with Gasteiger partial charge < -0.3 is 10.6 Å². The number of pyridine rings is 1. The highest BCUT2D eigenvalue weighted by Crippen LogP contribution is 2.24. The number of aromatic nitrogens is 3. The number of hydrogen-bond donors (Lipinski definition) is 3. The van der Waals surface area contributed by atoms with Gasteiger partial charge in [0.05, 0.1) is 10.6 Å². The van der Waals surface area contributed by atoms with Gasteiger partial charge in [0.2, 0.25) is 21.8 Å². The number of sulfonamides is 1. The van der Waals surface area contributed by atoms with Crippen LogP contribution in [0.3, 0.4) is 0 Å². The number of nitrogens with one attached hydrogen (secondary N) is 3. The highest BCUT2D eigenvalue weighted by molar-refractivity contribution is 7.89. The first-order valence-electron chi connectivity index (χ1n) is 10.5. The summed E-state index contributed by atoms with van der Waals surface area (Å²) in [4.78, 5) is 29.0. The number of benzene rings is 1. The van der Waals surface area contributed by atoms with Crippen molar-refractivity contribution in [2.24, 2.45) is 0 Å². The number of rotatable bonds is 9. The Balaban J connectivity index is 1.26. The fraction of sp³-hybridized carbons (Fsp3) is 0.227. The molecule has 0 atom stereocenters. The molecule has 1 saturated heterocycles. The van der Waals surface area contributed by atoms with E-state index >= 15 is 0 Å². The van der Waals surface area contributed by atoms with E-state index < -0.39 is 10.0 Å². The van der Waals surface area contributed by atoms with Crippen LogP contribution >= 0.6 is 0 Å². The van der Waals surface area contributed by atoms with Crippen LogP contribution in [0.1, 0.15) is 18.4 Å². The second-order valence-corrected chi connectivity index (χ2v) is 9.36. The van der Waals surface area contributed by atoms with E-state index in [4.69, 9.17) is 0 Å². The van der Waals surface area contributed by atoms with E-state index in [1.54, 1.807) is 18.3 Å². The van der Waals surface area contributed by atoms with Gasteiger partial charge in [-0.15, -0.1) is 10.2 Å². The van der Waals surface area contributed by atoms with Crippen LogP contribution in [0.5, 0.6) is 0 Å². The molecular weight excluding hydrogens is 458 g/mol. The third kappa shape index (κ3) is 5.53. The Morgan fingerprint density at radius 1 is 0.853 bits per heavy atom. The summed E-state index contributed by atoms with van der Waals surface area (Å²) in [5, 5.41) is 14.2. The average Bonchev–Trinajstić information content (AvgIpc) is 3.17. The van der Waals surface area contributed by atoms with Crippen LogP contribution in [-0.4, -0.2) is 48.5 Å². The van der Waals surface area contributed by atoms with Gasteiger partial charge in [0.25, 0.3) is 0 Å². The van der Waals surface area contributed by atoms with Gasteiger partial charge in [-0.3, -0.25) is 14.5 Å². The van der Waals surface area contributed by atoms with Crippen LogP contribution in [-0.2, 0) is 19.6 Å². The van der Waals surface area contributed by atoms with Crippen LogP contribution in [0.25, 0.3) is 0 Å². The first-order valence-corrected chi connectivity index (χ1v) is 12.0. The quantitative estimate of drug-likeness (QED) is 0.308. The lowest BCUT2D eigenvalue weighted by atomic mass is 10.3. The number of hydrogen-bond acceptors (Lipinski definition) is 9. The molecule has 0 bridgehead atoms. The van der Waals surface area contributed by atoms with Crippen molar-refractivity contribution >= 4 is 45.0 Å². The average molecular weight is 482 g/mol. The molecule has 2 amide bonds. The molecule has 3 heterocycles. The molecule has 11 nitrogen and oxygen atoms in total. The lowest BCUT2D eigenvalue weighted by Crippen LogP contribution is -2.30. The van der Waals surface area contributed by atoms with Gasteiger partial charge in [-0.05, 0) is 55.0 Å². The molecule has 176 valence electrons. The third-order valence-electron chi connectivity index (χ3n) is 5.01. The van der Waals surface area contributed by atoms with Gasteiger partial charge in [-0.1, -0.05) is 6.07 Å². The number of aryl methyl sites for hydroxylation is 1. The van der Waals surface area contributed by atoms with Gasteiger partial charge >= 0.3 is 0 Å². The SMILES string of the molecule is Cc1ccc(Nc2ccc(NCCNS(=O)(=O)c3ccc(N4C(=O)CCC4=O)cc3)nn2)nc1. The Bertz CT molecular complexity index is 1260. The molecule has 0 aliphatic carbocycles. The summed E-state index contributed by atoms with van der Waals surface area (Å²) in [5.41, 5.74) is 1.42. The Hall–Kier alpha value is -3.90. The number of carbonyl (C=O) groups excluding carboxylic acids is 2. The molecule has 3 aromatic rings. The summed E-state index contributed by atoms with van der Waals surface area (Å²) >= 11 is 0. The van der Waals surface area contributed by atoms with Crippen LogP contribution in [0.2, 0.25) is 0 Å². The summed E-state index contributed by atoms with van der Waals surface area (Å²) in [6, 6.07) is 12.9. The van der Waals surface area contributed by atoms with E-state index in [-0.39, 0.29) is 42.6 Å². The first-order chi connectivity index (χ1) is 16.3. The van der Waals surface area contributed by atoms with E-state index in [2.05, 4.69) is 30.5 Å². The van der Waals surface area contributed by atoms with Gasteiger partial charge in [0.1, 0.15) is 11.6 Å².